The van der Waals surface area contributed by atoms with Crippen LogP contribution in [0.3, 0.4) is 0 Å². The standard InChI is InChI=1S/C22H29Cl2N3O4S/c23-17-6-3-15(11-18(17)24)12-21(28)26-9-10-27(32(29,30)16-4-5-16)20-14-31-13-19(22(20)26)25-7-1-2-8-25/h3,6,11,16,19-20,22H,1-2,4-5,7-10,12-14H2/t19-,20?,22?/m0/s1. The summed E-state index contributed by atoms with van der Waals surface area (Å²) in [5.41, 5.74) is 0.804. The van der Waals surface area contributed by atoms with Crippen LogP contribution in [0.4, 0.5) is 0 Å². The Morgan fingerprint density at radius 3 is 2.41 bits per heavy atom. The van der Waals surface area contributed by atoms with E-state index in [2.05, 4.69) is 4.90 Å². The molecule has 1 aromatic rings. The van der Waals surface area contributed by atoms with Gasteiger partial charge >= 0.3 is 0 Å². The Kier molecular flexibility index (Phi) is 6.46. The van der Waals surface area contributed by atoms with Crippen molar-refractivity contribution < 1.29 is 17.9 Å². The van der Waals surface area contributed by atoms with E-state index in [1.54, 1.807) is 16.4 Å². The molecule has 5 rings (SSSR count). The first-order valence-corrected chi connectivity index (χ1v) is 13.7. The van der Waals surface area contributed by atoms with Gasteiger partial charge in [0.05, 0.1) is 53.1 Å². The Labute approximate surface area is 199 Å². The number of ether oxygens (including phenoxy) is 1. The second kappa shape index (κ2) is 9.04. The van der Waals surface area contributed by atoms with E-state index in [1.165, 1.54) is 0 Å². The highest BCUT2D eigenvalue weighted by atomic mass is 35.5. The van der Waals surface area contributed by atoms with Crippen LogP contribution in [0.25, 0.3) is 0 Å². The van der Waals surface area contributed by atoms with Gasteiger partial charge in [-0.05, 0) is 56.5 Å². The zero-order chi connectivity index (χ0) is 22.5. The van der Waals surface area contributed by atoms with Crippen LogP contribution in [-0.4, -0.2) is 91.2 Å². The fourth-order valence-electron chi connectivity index (χ4n) is 5.44. The molecule has 32 heavy (non-hydrogen) atoms. The van der Waals surface area contributed by atoms with E-state index in [0.29, 0.717) is 36.3 Å². The first-order valence-electron chi connectivity index (χ1n) is 11.4. The van der Waals surface area contributed by atoms with Crippen LogP contribution in [0.2, 0.25) is 10.0 Å². The van der Waals surface area contributed by atoms with Gasteiger partial charge in [0, 0.05) is 13.1 Å². The summed E-state index contributed by atoms with van der Waals surface area (Å²) in [4.78, 5) is 17.8. The van der Waals surface area contributed by atoms with E-state index >= 15 is 0 Å². The number of carbonyl (C=O) groups excluding carboxylic acids is 1. The molecular weight excluding hydrogens is 473 g/mol. The number of nitrogens with zero attached hydrogens (tertiary/aromatic N) is 3. The van der Waals surface area contributed by atoms with Gasteiger partial charge in [0.2, 0.25) is 15.9 Å². The molecule has 3 saturated heterocycles. The molecule has 7 nitrogen and oxygen atoms in total. The van der Waals surface area contributed by atoms with Gasteiger partial charge in [-0.15, -0.1) is 0 Å². The number of piperazine rings is 1. The van der Waals surface area contributed by atoms with Crippen molar-refractivity contribution in [2.24, 2.45) is 0 Å². The third-order valence-electron chi connectivity index (χ3n) is 7.20. The number of fused-ring (bicyclic) bond motifs is 1. The molecule has 4 aliphatic rings. The molecule has 0 spiro atoms. The Bertz CT molecular complexity index is 981. The molecule has 3 atom stereocenters. The van der Waals surface area contributed by atoms with Gasteiger partial charge in [0.25, 0.3) is 0 Å². The number of amides is 1. The highest BCUT2D eigenvalue weighted by Gasteiger charge is 2.53. The van der Waals surface area contributed by atoms with Crippen molar-refractivity contribution >= 4 is 39.1 Å². The maximum Gasteiger partial charge on any atom is 0.227 e. The van der Waals surface area contributed by atoms with E-state index in [4.69, 9.17) is 27.9 Å². The SMILES string of the molecule is O=C(Cc1ccc(Cl)c(Cl)c1)N1CCN(S(=O)(=O)C2CC2)C2COC[C@H](N3CCCC3)C21. The average Bonchev–Trinajstić information content (AvgIpc) is 3.51. The van der Waals surface area contributed by atoms with Crippen molar-refractivity contribution in [3.8, 4) is 0 Å². The second-order valence-electron chi connectivity index (χ2n) is 9.27. The van der Waals surface area contributed by atoms with E-state index in [0.717, 1.165) is 44.3 Å². The summed E-state index contributed by atoms with van der Waals surface area (Å²) in [7, 11) is -3.36. The predicted octanol–water partition coefficient (Wildman–Crippen LogP) is 2.40. The minimum Gasteiger partial charge on any atom is -0.378 e. The van der Waals surface area contributed by atoms with Gasteiger partial charge in [0.1, 0.15) is 0 Å². The number of rotatable bonds is 5. The monoisotopic (exact) mass is 501 g/mol. The lowest BCUT2D eigenvalue weighted by molar-refractivity contribution is -0.147. The molecule has 0 N–H and O–H groups in total. The zero-order valence-electron chi connectivity index (χ0n) is 18.0. The van der Waals surface area contributed by atoms with Crippen LogP contribution < -0.4 is 0 Å². The number of halogens is 2. The van der Waals surface area contributed by atoms with E-state index in [9.17, 15) is 13.2 Å². The number of carbonyl (C=O) groups is 1. The lowest BCUT2D eigenvalue weighted by Gasteiger charge is -2.53. The summed E-state index contributed by atoms with van der Waals surface area (Å²) >= 11 is 12.2. The zero-order valence-corrected chi connectivity index (χ0v) is 20.3. The Morgan fingerprint density at radius 1 is 1.00 bits per heavy atom. The van der Waals surface area contributed by atoms with Crippen LogP contribution in [-0.2, 0) is 26.0 Å². The summed E-state index contributed by atoms with van der Waals surface area (Å²) in [6, 6.07) is 4.71. The maximum atomic E-state index is 13.5. The molecule has 2 unspecified atom stereocenters. The molecule has 3 heterocycles. The summed E-state index contributed by atoms with van der Waals surface area (Å²) in [5.74, 6) is -0.00652. The van der Waals surface area contributed by atoms with Gasteiger partial charge in [0.15, 0.2) is 0 Å². The summed E-state index contributed by atoms with van der Waals surface area (Å²) in [6.45, 7) is 3.50. The largest absolute Gasteiger partial charge is 0.378 e. The third kappa shape index (κ3) is 4.30. The van der Waals surface area contributed by atoms with Gasteiger partial charge in [-0.3, -0.25) is 9.69 Å². The topological polar surface area (TPSA) is 70.2 Å². The van der Waals surface area contributed by atoms with Crippen molar-refractivity contribution in [3.05, 3.63) is 33.8 Å². The lowest BCUT2D eigenvalue weighted by atomic mass is 9.92. The van der Waals surface area contributed by atoms with Gasteiger partial charge < -0.3 is 9.64 Å². The molecule has 176 valence electrons. The molecule has 1 aromatic carbocycles. The number of sulfonamides is 1. The third-order valence-corrected chi connectivity index (χ3v) is 10.4. The van der Waals surface area contributed by atoms with E-state index in [-0.39, 0.29) is 35.7 Å². The summed E-state index contributed by atoms with van der Waals surface area (Å²) in [6.07, 6.45) is 3.91. The van der Waals surface area contributed by atoms with Crippen molar-refractivity contribution in [1.82, 2.24) is 14.1 Å². The van der Waals surface area contributed by atoms with Crippen molar-refractivity contribution in [2.45, 2.75) is 55.5 Å². The minimum atomic E-state index is -3.36. The van der Waals surface area contributed by atoms with Crippen LogP contribution in [0.5, 0.6) is 0 Å². The van der Waals surface area contributed by atoms with Crippen LogP contribution in [0.1, 0.15) is 31.2 Å². The van der Waals surface area contributed by atoms with Gasteiger partial charge in [-0.1, -0.05) is 29.3 Å². The molecule has 0 bridgehead atoms. The van der Waals surface area contributed by atoms with E-state index < -0.39 is 10.0 Å². The Balaban J connectivity index is 1.43. The highest BCUT2D eigenvalue weighted by molar-refractivity contribution is 7.90. The first-order chi connectivity index (χ1) is 15.4. The van der Waals surface area contributed by atoms with Crippen molar-refractivity contribution in [2.75, 3.05) is 39.4 Å². The minimum absolute atomic E-state index is 0.00575. The van der Waals surface area contributed by atoms with Crippen LogP contribution in [0.15, 0.2) is 18.2 Å². The van der Waals surface area contributed by atoms with Crippen molar-refractivity contribution in [3.63, 3.8) is 0 Å². The average molecular weight is 502 g/mol. The molecular formula is C22H29Cl2N3O4S. The number of hydrogen-bond donors (Lipinski definition) is 0. The van der Waals surface area contributed by atoms with Gasteiger partial charge in [-0.2, -0.15) is 4.31 Å². The highest BCUT2D eigenvalue weighted by Crippen LogP contribution is 2.37. The fourth-order valence-corrected chi connectivity index (χ4v) is 7.77. The normalized spacial score (nSPS) is 29.8. The Morgan fingerprint density at radius 2 is 1.72 bits per heavy atom. The summed E-state index contributed by atoms with van der Waals surface area (Å²) in [5, 5.41) is 0.616. The smallest absolute Gasteiger partial charge is 0.227 e. The number of hydrogen-bond acceptors (Lipinski definition) is 5. The number of likely N-dealkylation sites (tertiary alicyclic amines) is 1. The van der Waals surface area contributed by atoms with Crippen LogP contribution in [0, 0.1) is 0 Å². The lowest BCUT2D eigenvalue weighted by Crippen LogP contribution is -2.72. The summed E-state index contributed by atoms with van der Waals surface area (Å²) < 4.78 is 34.0. The number of benzene rings is 1. The quantitative estimate of drug-likeness (QED) is 0.619. The molecule has 1 saturated carbocycles. The first kappa shape index (κ1) is 22.9. The van der Waals surface area contributed by atoms with Crippen LogP contribution >= 0.6 is 23.2 Å². The molecule has 3 aliphatic heterocycles. The Hall–Kier alpha value is -0.900. The predicted molar refractivity (Wildman–Crippen MR) is 124 cm³/mol. The molecule has 0 radical (unpaired) electrons. The fraction of sp³-hybridized carbons (Fsp3) is 0.682. The second-order valence-corrected chi connectivity index (χ2v) is 12.3. The molecule has 4 fully saturated rings. The maximum absolute atomic E-state index is 13.5. The molecule has 0 aromatic heterocycles. The molecule has 1 amide bonds. The van der Waals surface area contributed by atoms with E-state index in [1.807, 2.05) is 11.0 Å². The van der Waals surface area contributed by atoms with Crippen molar-refractivity contribution in [1.29, 1.82) is 0 Å². The molecule has 1 aliphatic carbocycles. The van der Waals surface area contributed by atoms with Gasteiger partial charge in [-0.25, -0.2) is 8.42 Å². The molecule has 10 heteroatoms.